The molecule has 0 aliphatic carbocycles. The predicted molar refractivity (Wildman–Crippen MR) is 56.2 cm³/mol. The van der Waals surface area contributed by atoms with Crippen LogP contribution in [0.15, 0.2) is 23.0 Å². The Morgan fingerprint density at radius 2 is 2.31 bits per heavy atom. The smallest absolute Gasteiger partial charge is 0.278 e. The highest BCUT2D eigenvalue weighted by molar-refractivity contribution is 6.29. The van der Waals surface area contributed by atoms with Crippen LogP contribution in [0.5, 0.6) is 0 Å². The fraction of sp³-hybridized carbons (Fsp3) is 0.111. The van der Waals surface area contributed by atoms with Crippen molar-refractivity contribution < 1.29 is 9.32 Å². The molecule has 0 aromatic carbocycles. The lowest BCUT2D eigenvalue weighted by molar-refractivity contribution is 0.101. The number of rotatable bonds is 2. The normalized spacial score (nSPS) is 10.1. The Kier molecular flexibility index (Phi) is 2.82. The molecule has 0 unspecified atom stereocenters. The van der Waals surface area contributed by atoms with E-state index in [0.29, 0.717) is 5.69 Å². The van der Waals surface area contributed by atoms with Crippen molar-refractivity contribution in [3.8, 4) is 0 Å². The van der Waals surface area contributed by atoms with E-state index in [0.717, 1.165) is 0 Å². The fourth-order valence-electron chi connectivity index (χ4n) is 1.05. The molecule has 0 radical (unpaired) electrons. The molecule has 0 aliphatic heterocycles. The summed E-state index contributed by atoms with van der Waals surface area (Å²) in [5.41, 5.74) is 0.786. The van der Waals surface area contributed by atoms with Gasteiger partial charge in [-0.25, -0.2) is 4.98 Å². The fourth-order valence-corrected chi connectivity index (χ4v) is 1.20. The van der Waals surface area contributed by atoms with Crippen LogP contribution in [0.25, 0.3) is 0 Å². The van der Waals surface area contributed by atoms with Gasteiger partial charge in [-0.1, -0.05) is 16.8 Å². The van der Waals surface area contributed by atoms with Crippen LogP contribution in [0.2, 0.25) is 5.15 Å². The Bertz CT molecular complexity index is 526. The number of amides is 1. The summed E-state index contributed by atoms with van der Waals surface area (Å²) in [6, 6.07) is 1.59. The second-order valence-electron chi connectivity index (χ2n) is 3.01. The number of hydrogen-bond acceptors (Lipinski definition) is 5. The first-order valence-corrected chi connectivity index (χ1v) is 4.75. The lowest BCUT2D eigenvalue weighted by atomic mass is 10.4. The first-order chi connectivity index (χ1) is 7.65. The number of hydrogen-bond donors (Lipinski definition) is 1. The van der Waals surface area contributed by atoms with Gasteiger partial charge in [-0.2, -0.15) is 0 Å². The number of aromatic nitrogens is 3. The average Bonchev–Trinajstić information content (AvgIpc) is 2.64. The molecule has 6 nitrogen and oxygen atoms in total. The highest BCUT2D eigenvalue weighted by atomic mass is 35.5. The maximum absolute atomic E-state index is 11.6. The molecule has 0 aliphatic rings. The molecular formula is C9H7ClN4O2. The average molecular weight is 239 g/mol. The summed E-state index contributed by atoms with van der Waals surface area (Å²) in [4.78, 5) is 19.2. The van der Waals surface area contributed by atoms with E-state index in [1.165, 1.54) is 12.4 Å². The van der Waals surface area contributed by atoms with Gasteiger partial charge >= 0.3 is 0 Å². The molecule has 0 fully saturated rings. The van der Waals surface area contributed by atoms with Gasteiger partial charge in [0.25, 0.3) is 5.91 Å². The highest BCUT2D eigenvalue weighted by Gasteiger charge is 2.11. The largest absolute Gasteiger partial charge is 0.338 e. The van der Waals surface area contributed by atoms with Crippen molar-refractivity contribution in [2.45, 2.75) is 6.92 Å². The molecule has 0 bridgehead atoms. The standard InChI is InChI=1S/C9H7ClN4O2/c1-5-2-8(16-14-5)13-9(15)6-3-11-4-7(10)12-6/h2-4H,1H3,(H,13,15). The molecule has 2 heterocycles. The zero-order valence-corrected chi connectivity index (χ0v) is 9.02. The molecule has 1 amide bonds. The molecule has 0 atom stereocenters. The third-order valence-electron chi connectivity index (χ3n) is 1.70. The van der Waals surface area contributed by atoms with Gasteiger partial charge < -0.3 is 4.52 Å². The molecule has 7 heteroatoms. The number of halogens is 1. The SMILES string of the molecule is Cc1cc(NC(=O)c2cncc(Cl)n2)on1. The summed E-state index contributed by atoms with van der Waals surface area (Å²) in [5.74, 6) is -0.199. The van der Waals surface area contributed by atoms with E-state index in [1.807, 2.05) is 0 Å². The van der Waals surface area contributed by atoms with Gasteiger partial charge in [-0.3, -0.25) is 15.1 Å². The number of aryl methyl sites for hydroxylation is 1. The van der Waals surface area contributed by atoms with Gasteiger partial charge in [-0.05, 0) is 6.92 Å². The molecule has 0 saturated carbocycles. The number of nitrogens with one attached hydrogen (secondary N) is 1. The summed E-state index contributed by atoms with van der Waals surface area (Å²) in [5, 5.41) is 6.26. The zero-order valence-electron chi connectivity index (χ0n) is 8.27. The molecule has 16 heavy (non-hydrogen) atoms. The maximum atomic E-state index is 11.6. The van der Waals surface area contributed by atoms with Gasteiger partial charge in [0.2, 0.25) is 5.88 Å². The minimum atomic E-state index is -0.453. The van der Waals surface area contributed by atoms with Crippen LogP contribution >= 0.6 is 11.6 Å². The number of carbonyl (C=O) groups is 1. The van der Waals surface area contributed by atoms with E-state index in [2.05, 4.69) is 20.4 Å². The summed E-state index contributed by atoms with van der Waals surface area (Å²) < 4.78 is 4.82. The van der Waals surface area contributed by atoms with Crippen LogP contribution in [0, 0.1) is 6.92 Å². The van der Waals surface area contributed by atoms with Crippen molar-refractivity contribution in [3.05, 3.63) is 35.0 Å². The molecule has 0 saturated heterocycles. The van der Waals surface area contributed by atoms with Crippen LogP contribution in [0.3, 0.4) is 0 Å². The first kappa shape index (κ1) is 10.6. The van der Waals surface area contributed by atoms with E-state index < -0.39 is 5.91 Å². The monoisotopic (exact) mass is 238 g/mol. The van der Waals surface area contributed by atoms with Crippen LogP contribution in [-0.4, -0.2) is 21.0 Å². The predicted octanol–water partition coefficient (Wildman–Crippen LogP) is 1.68. The minimum absolute atomic E-state index is 0.113. The van der Waals surface area contributed by atoms with Crippen molar-refractivity contribution in [2.24, 2.45) is 0 Å². The van der Waals surface area contributed by atoms with E-state index in [9.17, 15) is 4.79 Å². The van der Waals surface area contributed by atoms with Crippen molar-refractivity contribution >= 4 is 23.4 Å². The Morgan fingerprint density at radius 3 is 2.94 bits per heavy atom. The number of carbonyl (C=O) groups excluding carboxylic acids is 1. The summed E-state index contributed by atoms with van der Waals surface area (Å²) in [6.07, 6.45) is 2.65. The number of nitrogens with zero attached hydrogens (tertiary/aromatic N) is 3. The molecule has 2 aromatic heterocycles. The van der Waals surface area contributed by atoms with Crippen LogP contribution in [0.1, 0.15) is 16.2 Å². The molecular weight excluding hydrogens is 232 g/mol. The Morgan fingerprint density at radius 1 is 1.50 bits per heavy atom. The summed E-state index contributed by atoms with van der Waals surface area (Å²) >= 11 is 5.61. The Labute approximate surface area is 95.6 Å². The zero-order chi connectivity index (χ0) is 11.5. The third-order valence-corrected chi connectivity index (χ3v) is 1.88. The van der Waals surface area contributed by atoms with Crippen LogP contribution < -0.4 is 5.32 Å². The van der Waals surface area contributed by atoms with E-state index in [4.69, 9.17) is 16.1 Å². The van der Waals surface area contributed by atoms with Crippen molar-refractivity contribution in [2.75, 3.05) is 5.32 Å². The second kappa shape index (κ2) is 4.28. The van der Waals surface area contributed by atoms with Crippen molar-refractivity contribution in [1.29, 1.82) is 0 Å². The van der Waals surface area contributed by atoms with Gasteiger partial charge in [0.15, 0.2) is 0 Å². The lowest BCUT2D eigenvalue weighted by Crippen LogP contribution is -2.13. The Hall–Kier alpha value is -1.95. The lowest BCUT2D eigenvalue weighted by Gasteiger charge is -1.99. The second-order valence-corrected chi connectivity index (χ2v) is 3.40. The maximum Gasteiger partial charge on any atom is 0.278 e. The van der Waals surface area contributed by atoms with Gasteiger partial charge in [0.05, 0.1) is 18.1 Å². The van der Waals surface area contributed by atoms with Gasteiger partial charge in [0.1, 0.15) is 10.8 Å². The van der Waals surface area contributed by atoms with Crippen molar-refractivity contribution in [3.63, 3.8) is 0 Å². The summed E-state index contributed by atoms with van der Waals surface area (Å²) in [6.45, 7) is 1.75. The van der Waals surface area contributed by atoms with E-state index in [-0.39, 0.29) is 16.7 Å². The highest BCUT2D eigenvalue weighted by Crippen LogP contribution is 2.10. The topological polar surface area (TPSA) is 80.9 Å². The Balaban J connectivity index is 2.14. The molecule has 82 valence electrons. The molecule has 2 aromatic rings. The van der Waals surface area contributed by atoms with Gasteiger partial charge in [0, 0.05) is 6.07 Å². The van der Waals surface area contributed by atoms with E-state index in [1.54, 1.807) is 13.0 Å². The summed E-state index contributed by atoms with van der Waals surface area (Å²) in [7, 11) is 0. The van der Waals surface area contributed by atoms with E-state index >= 15 is 0 Å². The van der Waals surface area contributed by atoms with Crippen molar-refractivity contribution in [1.82, 2.24) is 15.1 Å². The third kappa shape index (κ3) is 2.34. The molecule has 1 N–H and O–H groups in total. The molecule has 2 rings (SSSR count). The first-order valence-electron chi connectivity index (χ1n) is 4.37. The minimum Gasteiger partial charge on any atom is -0.338 e. The van der Waals surface area contributed by atoms with Gasteiger partial charge in [-0.15, -0.1) is 0 Å². The van der Waals surface area contributed by atoms with Crippen LogP contribution in [0.4, 0.5) is 5.88 Å². The quantitative estimate of drug-likeness (QED) is 0.861. The number of anilines is 1. The van der Waals surface area contributed by atoms with Crippen LogP contribution in [-0.2, 0) is 0 Å². The molecule has 0 spiro atoms.